The largest absolute Gasteiger partial charge is 0.493 e. The fourth-order valence-corrected chi connectivity index (χ4v) is 5.46. The van der Waals surface area contributed by atoms with E-state index < -0.39 is 5.41 Å². The Kier molecular flexibility index (Phi) is 8.73. The van der Waals surface area contributed by atoms with Crippen molar-refractivity contribution in [2.24, 2.45) is 5.41 Å². The lowest BCUT2D eigenvalue weighted by molar-refractivity contribution is -0.142. The van der Waals surface area contributed by atoms with Gasteiger partial charge in [-0.1, -0.05) is 45.7 Å². The fourth-order valence-electron chi connectivity index (χ4n) is 4.91. The lowest BCUT2D eigenvalue weighted by Gasteiger charge is -2.43. The molecule has 2 fully saturated rings. The minimum atomic E-state index is -0.429. The van der Waals surface area contributed by atoms with Crippen molar-refractivity contribution < 1.29 is 14.3 Å². The van der Waals surface area contributed by atoms with Gasteiger partial charge in [-0.25, -0.2) is 0 Å². The van der Waals surface area contributed by atoms with Crippen LogP contribution in [0.4, 0.5) is 0 Å². The number of nitrogens with zero attached hydrogens (tertiary/aromatic N) is 3. The van der Waals surface area contributed by atoms with Gasteiger partial charge in [0.15, 0.2) is 0 Å². The van der Waals surface area contributed by atoms with E-state index in [-0.39, 0.29) is 11.8 Å². The molecule has 2 aromatic carbocycles. The van der Waals surface area contributed by atoms with Crippen molar-refractivity contribution >= 4 is 39.3 Å². The first-order valence-corrected chi connectivity index (χ1v) is 13.4. The quantitative estimate of drug-likeness (QED) is 0.499. The third kappa shape index (κ3) is 6.99. The Hall–Kier alpha value is -2.09. The Morgan fingerprint density at radius 2 is 1.69 bits per heavy atom. The van der Waals surface area contributed by atoms with E-state index in [9.17, 15) is 9.59 Å². The van der Waals surface area contributed by atoms with Crippen LogP contribution in [0.5, 0.6) is 5.75 Å². The number of rotatable bonds is 7. The number of hydrogen-bond donors (Lipinski definition) is 0. The van der Waals surface area contributed by atoms with Gasteiger partial charge in [-0.2, -0.15) is 0 Å². The van der Waals surface area contributed by atoms with Crippen LogP contribution in [0, 0.1) is 5.41 Å². The van der Waals surface area contributed by atoms with E-state index in [0.717, 1.165) is 54.8 Å². The first-order chi connectivity index (χ1) is 16.8. The first-order valence-electron chi connectivity index (χ1n) is 12.2. The summed E-state index contributed by atoms with van der Waals surface area (Å²) in [6.07, 6.45) is 2.41. The van der Waals surface area contributed by atoms with E-state index in [1.54, 1.807) is 12.1 Å². The van der Waals surface area contributed by atoms with Crippen LogP contribution < -0.4 is 4.74 Å². The minimum Gasteiger partial charge on any atom is -0.493 e. The number of carbonyl (C=O) groups is 2. The number of halogens is 2. The van der Waals surface area contributed by atoms with Gasteiger partial charge in [-0.15, -0.1) is 0 Å². The molecule has 2 amide bonds. The lowest BCUT2D eigenvalue weighted by Crippen LogP contribution is -2.53. The molecule has 0 saturated carbocycles. The van der Waals surface area contributed by atoms with Crippen LogP contribution in [0.3, 0.4) is 0 Å². The molecule has 2 aromatic rings. The van der Waals surface area contributed by atoms with Gasteiger partial charge in [0.2, 0.25) is 11.8 Å². The van der Waals surface area contributed by atoms with Gasteiger partial charge in [0.1, 0.15) is 5.75 Å². The summed E-state index contributed by atoms with van der Waals surface area (Å²) >= 11 is 9.58. The van der Waals surface area contributed by atoms with Crippen molar-refractivity contribution in [3.63, 3.8) is 0 Å². The molecule has 1 unspecified atom stereocenters. The zero-order valence-corrected chi connectivity index (χ0v) is 22.6. The number of likely N-dealkylation sites (N-methyl/N-ethyl adjacent to an activating group) is 1. The molecule has 1 atom stereocenters. The van der Waals surface area contributed by atoms with E-state index >= 15 is 0 Å². The van der Waals surface area contributed by atoms with E-state index in [2.05, 4.69) is 27.9 Å². The van der Waals surface area contributed by atoms with Crippen LogP contribution >= 0.6 is 27.5 Å². The molecule has 2 aliphatic rings. The van der Waals surface area contributed by atoms with Gasteiger partial charge >= 0.3 is 0 Å². The number of amides is 2. The second kappa shape index (κ2) is 11.8. The highest BCUT2D eigenvalue weighted by molar-refractivity contribution is 9.10. The van der Waals surface area contributed by atoms with Crippen molar-refractivity contribution in [2.45, 2.75) is 25.7 Å². The van der Waals surface area contributed by atoms with Crippen molar-refractivity contribution in [1.29, 1.82) is 0 Å². The zero-order chi connectivity index (χ0) is 24.8. The Morgan fingerprint density at radius 1 is 0.971 bits per heavy atom. The zero-order valence-electron chi connectivity index (χ0n) is 20.2. The maximum Gasteiger partial charge on any atom is 0.227 e. The monoisotopic (exact) mass is 561 g/mol. The molecule has 2 saturated heterocycles. The number of ether oxygens (including phenoxy) is 1. The van der Waals surface area contributed by atoms with Crippen LogP contribution in [-0.2, 0) is 16.0 Å². The van der Waals surface area contributed by atoms with Crippen molar-refractivity contribution in [1.82, 2.24) is 14.7 Å². The second-order valence-corrected chi connectivity index (χ2v) is 11.1. The summed E-state index contributed by atoms with van der Waals surface area (Å²) in [5, 5.41) is 0.652. The molecule has 0 aliphatic carbocycles. The van der Waals surface area contributed by atoms with Crippen LogP contribution in [0.25, 0.3) is 0 Å². The third-order valence-corrected chi connectivity index (χ3v) is 8.08. The normalized spacial score (nSPS) is 21.1. The minimum absolute atomic E-state index is 0.0829. The summed E-state index contributed by atoms with van der Waals surface area (Å²) < 4.78 is 7.13. The average Bonchev–Trinajstić information content (AvgIpc) is 2.85. The van der Waals surface area contributed by atoms with Crippen molar-refractivity contribution in [3.8, 4) is 5.75 Å². The van der Waals surface area contributed by atoms with Crippen LogP contribution in [0.1, 0.15) is 24.8 Å². The maximum absolute atomic E-state index is 13.4. The highest BCUT2D eigenvalue weighted by Gasteiger charge is 2.41. The molecule has 4 rings (SSSR count). The van der Waals surface area contributed by atoms with Crippen LogP contribution in [0.2, 0.25) is 5.02 Å². The maximum atomic E-state index is 13.4. The number of benzene rings is 2. The van der Waals surface area contributed by atoms with Gasteiger partial charge in [-0.05, 0) is 55.8 Å². The Labute approximate surface area is 221 Å². The standard InChI is InChI=1S/C27H33BrClN3O3/c1-30-13-15-31(16-14-30)26(34)18-27(20-35-23-9-7-22(29)8-10-23)11-4-12-32(19-27)25(33)17-21-5-2-3-6-24(21)28/h2-3,5-10H,4,11-20H2,1H3. The first kappa shape index (κ1) is 26.0. The highest BCUT2D eigenvalue weighted by atomic mass is 79.9. The molecular weight excluding hydrogens is 530 g/mol. The van der Waals surface area contributed by atoms with E-state index in [0.29, 0.717) is 37.6 Å². The molecular formula is C27H33BrClN3O3. The van der Waals surface area contributed by atoms with Crippen LogP contribution in [-0.4, -0.2) is 79.4 Å². The van der Waals surface area contributed by atoms with E-state index in [1.807, 2.05) is 46.2 Å². The molecule has 8 heteroatoms. The molecule has 0 bridgehead atoms. The Morgan fingerprint density at radius 3 is 2.40 bits per heavy atom. The van der Waals surface area contributed by atoms with Gasteiger partial charge in [-0.3, -0.25) is 9.59 Å². The number of piperidine rings is 1. The topological polar surface area (TPSA) is 53.1 Å². The van der Waals surface area contributed by atoms with E-state index in [4.69, 9.17) is 16.3 Å². The average molecular weight is 563 g/mol. The van der Waals surface area contributed by atoms with Crippen molar-refractivity contribution in [2.75, 3.05) is 52.9 Å². The molecule has 2 heterocycles. The summed E-state index contributed by atoms with van der Waals surface area (Å²) in [7, 11) is 2.08. The molecule has 6 nitrogen and oxygen atoms in total. The molecule has 35 heavy (non-hydrogen) atoms. The number of piperazine rings is 1. The smallest absolute Gasteiger partial charge is 0.227 e. The lowest BCUT2D eigenvalue weighted by atomic mass is 9.77. The molecule has 2 aliphatic heterocycles. The number of likely N-dealkylation sites (tertiary alicyclic amines) is 1. The Balaban J connectivity index is 1.49. The predicted molar refractivity (Wildman–Crippen MR) is 142 cm³/mol. The Bertz CT molecular complexity index is 1030. The van der Waals surface area contributed by atoms with Gasteiger partial charge in [0, 0.05) is 60.6 Å². The SMILES string of the molecule is CN1CCN(C(=O)CC2(COc3ccc(Cl)cc3)CCCN(C(=O)Cc3ccccc3Br)C2)CC1. The molecule has 0 aromatic heterocycles. The fraction of sp³-hybridized carbons (Fsp3) is 0.481. The van der Waals surface area contributed by atoms with E-state index in [1.165, 1.54) is 0 Å². The molecule has 0 N–H and O–H groups in total. The second-order valence-electron chi connectivity index (χ2n) is 9.79. The summed E-state index contributed by atoms with van der Waals surface area (Å²) in [6.45, 7) is 4.86. The van der Waals surface area contributed by atoms with Gasteiger partial charge < -0.3 is 19.4 Å². The summed E-state index contributed by atoms with van der Waals surface area (Å²) in [5.74, 6) is 0.954. The molecule has 0 spiro atoms. The number of hydrogen-bond acceptors (Lipinski definition) is 4. The highest BCUT2D eigenvalue weighted by Crippen LogP contribution is 2.36. The number of carbonyl (C=O) groups excluding carboxylic acids is 2. The van der Waals surface area contributed by atoms with Crippen LogP contribution in [0.15, 0.2) is 53.0 Å². The third-order valence-electron chi connectivity index (χ3n) is 7.05. The summed E-state index contributed by atoms with van der Waals surface area (Å²) in [6, 6.07) is 15.1. The molecule has 188 valence electrons. The predicted octanol–water partition coefficient (Wildman–Crippen LogP) is 4.50. The van der Waals surface area contributed by atoms with Gasteiger partial charge in [0.25, 0.3) is 0 Å². The van der Waals surface area contributed by atoms with Crippen molar-refractivity contribution in [3.05, 3.63) is 63.6 Å². The summed E-state index contributed by atoms with van der Waals surface area (Å²) in [4.78, 5) is 32.8. The van der Waals surface area contributed by atoms with Gasteiger partial charge in [0.05, 0.1) is 13.0 Å². The molecule has 0 radical (unpaired) electrons. The summed E-state index contributed by atoms with van der Waals surface area (Å²) in [5.41, 5.74) is 0.543.